The van der Waals surface area contributed by atoms with E-state index in [9.17, 15) is 9.90 Å². The first kappa shape index (κ1) is 12.8. The van der Waals surface area contributed by atoms with Gasteiger partial charge in [0.1, 0.15) is 10.7 Å². The van der Waals surface area contributed by atoms with Gasteiger partial charge in [-0.2, -0.15) is 0 Å². The molecule has 4 nitrogen and oxygen atoms in total. The van der Waals surface area contributed by atoms with Crippen LogP contribution in [0.2, 0.25) is 0 Å². The number of amides is 1. The number of thiophene rings is 1. The van der Waals surface area contributed by atoms with Gasteiger partial charge >= 0.3 is 0 Å². The number of aliphatic hydroxyl groups excluding tert-OH is 1. The average Bonchev–Trinajstić information content (AvgIpc) is 3.16. The molecule has 2 aromatic heterocycles. The summed E-state index contributed by atoms with van der Waals surface area (Å²) in [7, 11) is 0. The predicted octanol–water partition coefficient (Wildman–Crippen LogP) is 2.47. The quantitative estimate of drug-likeness (QED) is 0.946. The summed E-state index contributed by atoms with van der Waals surface area (Å²) >= 11 is 3.11. The van der Waals surface area contributed by atoms with Crippen LogP contribution in [0.3, 0.4) is 0 Å². The van der Waals surface area contributed by atoms with Crippen LogP contribution in [0.25, 0.3) is 9.88 Å². The lowest BCUT2D eigenvalue weighted by molar-refractivity contribution is 0.0672. The SMILES string of the molecule is O=C(c1csc(-c2cccs2)n1)N1CCC[C@@H]1CO. The van der Waals surface area contributed by atoms with Crippen LogP contribution in [0.15, 0.2) is 22.9 Å². The topological polar surface area (TPSA) is 53.4 Å². The maximum absolute atomic E-state index is 12.4. The lowest BCUT2D eigenvalue weighted by Crippen LogP contribution is -2.37. The zero-order valence-corrected chi connectivity index (χ0v) is 11.9. The fourth-order valence-electron chi connectivity index (χ4n) is 2.33. The van der Waals surface area contributed by atoms with E-state index in [4.69, 9.17) is 0 Å². The Hall–Kier alpha value is -1.24. The van der Waals surface area contributed by atoms with Crippen LogP contribution in [0, 0.1) is 0 Å². The van der Waals surface area contributed by atoms with Crippen LogP contribution in [0.4, 0.5) is 0 Å². The molecule has 0 bridgehead atoms. The number of carbonyl (C=O) groups excluding carboxylic acids is 1. The minimum absolute atomic E-state index is 0.0354. The van der Waals surface area contributed by atoms with Gasteiger partial charge < -0.3 is 10.0 Å². The second-order valence-corrected chi connectivity index (χ2v) is 6.30. The van der Waals surface area contributed by atoms with Crippen LogP contribution < -0.4 is 0 Å². The number of aromatic nitrogens is 1. The van der Waals surface area contributed by atoms with Gasteiger partial charge in [-0.3, -0.25) is 4.79 Å². The van der Waals surface area contributed by atoms with Crippen LogP contribution in [0.1, 0.15) is 23.3 Å². The van der Waals surface area contributed by atoms with E-state index in [1.165, 1.54) is 11.3 Å². The lowest BCUT2D eigenvalue weighted by atomic mass is 10.2. The van der Waals surface area contributed by atoms with Crippen LogP contribution >= 0.6 is 22.7 Å². The molecule has 1 fully saturated rings. The molecule has 3 heterocycles. The maximum atomic E-state index is 12.4. The molecule has 0 saturated carbocycles. The zero-order valence-electron chi connectivity index (χ0n) is 10.3. The van der Waals surface area contributed by atoms with Crippen molar-refractivity contribution in [1.82, 2.24) is 9.88 Å². The summed E-state index contributed by atoms with van der Waals surface area (Å²) in [6.45, 7) is 0.754. The fourth-order valence-corrected chi connectivity index (χ4v) is 3.93. The van der Waals surface area contributed by atoms with E-state index < -0.39 is 0 Å². The summed E-state index contributed by atoms with van der Waals surface area (Å²) < 4.78 is 0. The molecule has 19 heavy (non-hydrogen) atoms. The maximum Gasteiger partial charge on any atom is 0.273 e. The average molecular weight is 294 g/mol. The highest BCUT2D eigenvalue weighted by Gasteiger charge is 2.30. The molecule has 0 aliphatic carbocycles. The van der Waals surface area contributed by atoms with Crippen molar-refractivity contribution in [2.45, 2.75) is 18.9 Å². The zero-order chi connectivity index (χ0) is 13.2. The van der Waals surface area contributed by atoms with Crippen LogP contribution in [0.5, 0.6) is 0 Å². The normalized spacial score (nSPS) is 19.0. The van der Waals surface area contributed by atoms with Gasteiger partial charge in [-0.25, -0.2) is 4.98 Å². The number of hydrogen-bond donors (Lipinski definition) is 1. The van der Waals surface area contributed by atoms with Gasteiger partial charge in [0.15, 0.2) is 0 Å². The molecule has 0 unspecified atom stereocenters. The van der Waals surface area contributed by atoms with E-state index in [2.05, 4.69) is 4.98 Å². The summed E-state index contributed by atoms with van der Waals surface area (Å²) in [6, 6.07) is 3.94. The Morgan fingerprint density at radius 1 is 1.53 bits per heavy atom. The van der Waals surface area contributed by atoms with E-state index in [1.807, 2.05) is 22.9 Å². The molecule has 2 aromatic rings. The smallest absolute Gasteiger partial charge is 0.273 e. The predicted molar refractivity (Wildman–Crippen MR) is 76.6 cm³/mol. The van der Waals surface area contributed by atoms with E-state index in [-0.39, 0.29) is 18.6 Å². The molecule has 1 amide bonds. The summed E-state index contributed by atoms with van der Waals surface area (Å²) in [5.74, 6) is -0.0596. The Morgan fingerprint density at radius 3 is 3.16 bits per heavy atom. The van der Waals surface area contributed by atoms with Crippen LogP contribution in [-0.4, -0.2) is 40.1 Å². The molecule has 100 valence electrons. The van der Waals surface area contributed by atoms with Gasteiger partial charge in [-0.05, 0) is 24.3 Å². The summed E-state index contributed by atoms with van der Waals surface area (Å²) in [4.78, 5) is 19.6. The largest absolute Gasteiger partial charge is 0.394 e. The van der Waals surface area contributed by atoms with Gasteiger partial charge in [-0.1, -0.05) is 6.07 Å². The van der Waals surface area contributed by atoms with Crippen LogP contribution in [-0.2, 0) is 0 Å². The van der Waals surface area contributed by atoms with Crippen molar-refractivity contribution >= 4 is 28.6 Å². The number of nitrogens with zero attached hydrogens (tertiary/aromatic N) is 2. The van der Waals surface area contributed by atoms with Gasteiger partial charge in [0.05, 0.1) is 17.5 Å². The standard InChI is InChI=1S/C13H14N2O2S2/c16-7-9-3-1-5-15(9)13(17)10-8-19-12(14-10)11-4-2-6-18-11/h2,4,6,8-9,16H,1,3,5,7H2/t9-/m1/s1. The van der Waals surface area contributed by atoms with Crippen molar-refractivity contribution in [1.29, 1.82) is 0 Å². The molecule has 0 radical (unpaired) electrons. The lowest BCUT2D eigenvalue weighted by Gasteiger charge is -2.21. The highest BCUT2D eigenvalue weighted by molar-refractivity contribution is 7.20. The third-order valence-electron chi connectivity index (χ3n) is 3.30. The van der Waals surface area contributed by atoms with Crippen molar-refractivity contribution in [2.75, 3.05) is 13.2 Å². The summed E-state index contributed by atoms with van der Waals surface area (Å²) in [5, 5.41) is 14.0. The third kappa shape index (κ3) is 2.43. The fraction of sp³-hybridized carbons (Fsp3) is 0.385. The van der Waals surface area contributed by atoms with Crippen molar-refractivity contribution in [2.24, 2.45) is 0 Å². The van der Waals surface area contributed by atoms with Crippen molar-refractivity contribution < 1.29 is 9.90 Å². The van der Waals surface area contributed by atoms with E-state index >= 15 is 0 Å². The molecule has 0 spiro atoms. The number of thiazole rings is 1. The second-order valence-electron chi connectivity index (χ2n) is 4.49. The molecule has 6 heteroatoms. The Labute approximate surface area is 119 Å². The third-order valence-corrected chi connectivity index (χ3v) is 5.19. The monoisotopic (exact) mass is 294 g/mol. The number of carbonyl (C=O) groups is 1. The van der Waals surface area contributed by atoms with Crippen molar-refractivity contribution in [3.8, 4) is 9.88 Å². The molecule has 1 N–H and O–H groups in total. The van der Waals surface area contributed by atoms with Gasteiger partial charge in [0.25, 0.3) is 5.91 Å². The Morgan fingerprint density at radius 2 is 2.42 bits per heavy atom. The van der Waals surface area contributed by atoms with E-state index in [0.717, 1.165) is 29.3 Å². The minimum atomic E-state index is -0.0596. The molecule has 1 aliphatic heterocycles. The van der Waals surface area contributed by atoms with E-state index in [1.54, 1.807) is 16.2 Å². The summed E-state index contributed by atoms with van der Waals surface area (Å²) in [5.41, 5.74) is 0.494. The second kappa shape index (κ2) is 5.40. The Bertz CT molecular complexity index is 565. The first-order chi connectivity index (χ1) is 9.29. The first-order valence-electron chi connectivity index (χ1n) is 6.21. The summed E-state index contributed by atoms with van der Waals surface area (Å²) in [6.07, 6.45) is 1.84. The Balaban J connectivity index is 1.81. The number of rotatable bonds is 3. The Kier molecular flexibility index (Phi) is 3.63. The molecule has 1 aliphatic rings. The van der Waals surface area contributed by atoms with Gasteiger partial charge in [0.2, 0.25) is 0 Å². The van der Waals surface area contributed by atoms with Gasteiger partial charge in [-0.15, -0.1) is 22.7 Å². The molecular weight excluding hydrogens is 280 g/mol. The molecule has 1 saturated heterocycles. The van der Waals surface area contributed by atoms with E-state index in [0.29, 0.717) is 5.69 Å². The minimum Gasteiger partial charge on any atom is -0.394 e. The first-order valence-corrected chi connectivity index (χ1v) is 7.97. The molecular formula is C13H14N2O2S2. The number of hydrogen-bond acceptors (Lipinski definition) is 5. The van der Waals surface area contributed by atoms with Crippen molar-refractivity contribution in [3.63, 3.8) is 0 Å². The molecule has 3 rings (SSSR count). The van der Waals surface area contributed by atoms with Gasteiger partial charge in [0, 0.05) is 11.9 Å². The number of likely N-dealkylation sites (tertiary alicyclic amines) is 1. The highest BCUT2D eigenvalue weighted by Crippen LogP contribution is 2.29. The molecule has 0 aromatic carbocycles. The highest BCUT2D eigenvalue weighted by atomic mass is 32.1. The van der Waals surface area contributed by atoms with Crippen molar-refractivity contribution in [3.05, 3.63) is 28.6 Å². The molecule has 1 atom stereocenters. The number of aliphatic hydroxyl groups is 1.